The van der Waals surface area contributed by atoms with E-state index in [-0.39, 0.29) is 17.7 Å². The fraction of sp³-hybridized carbons (Fsp3) is 0.909. The molecule has 2 unspecified atom stereocenters. The number of hydrogen-bond acceptors (Lipinski definition) is 3. The van der Waals surface area contributed by atoms with Crippen molar-refractivity contribution < 1.29 is 9.53 Å². The summed E-state index contributed by atoms with van der Waals surface area (Å²) in [6.07, 6.45) is 1.06. The molecule has 0 aromatic rings. The van der Waals surface area contributed by atoms with Gasteiger partial charge in [-0.05, 0) is 33.7 Å². The second-order valence-electron chi connectivity index (χ2n) is 5.46. The van der Waals surface area contributed by atoms with Crippen LogP contribution in [-0.4, -0.2) is 42.3 Å². The molecule has 2 fully saturated rings. The van der Waals surface area contributed by atoms with Crippen LogP contribution in [0.4, 0.5) is 4.79 Å². The molecule has 2 aliphatic heterocycles. The Bertz CT molecular complexity index is 254. The van der Waals surface area contributed by atoms with Gasteiger partial charge < -0.3 is 10.1 Å². The number of hydrogen-bond donors (Lipinski definition) is 1. The molecule has 0 aliphatic carbocycles. The predicted octanol–water partition coefficient (Wildman–Crippen LogP) is 1.22. The van der Waals surface area contributed by atoms with Crippen molar-refractivity contribution in [2.75, 3.05) is 19.6 Å². The molecule has 0 radical (unpaired) electrons. The van der Waals surface area contributed by atoms with Crippen molar-refractivity contribution in [1.82, 2.24) is 10.2 Å². The highest BCUT2D eigenvalue weighted by atomic mass is 16.6. The number of nitrogens with zero attached hydrogens (tertiary/aromatic N) is 1. The van der Waals surface area contributed by atoms with Crippen molar-refractivity contribution >= 4 is 6.09 Å². The van der Waals surface area contributed by atoms with Crippen LogP contribution >= 0.6 is 0 Å². The minimum absolute atomic E-state index is 0.0896. The molecule has 0 saturated carbocycles. The molecular formula is C11H20N2O2. The molecule has 4 nitrogen and oxygen atoms in total. The van der Waals surface area contributed by atoms with Gasteiger partial charge in [0.05, 0.1) is 6.54 Å². The summed E-state index contributed by atoms with van der Waals surface area (Å²) in [5, 5.41) is 3.31. The van der Waals surface area contributed by atoms with Gasteiger partial charge in [-0.15, -0.1) is 0 Å². The Morgan fingerprint density at radius 1 is 1.47 bits per heavy atom. The minimum atomic E-state index is -0.153. The molecule has 86 valence electrons. The smallest absolute Gasteiger partial charge is 0.410 e. The molecular weight excluding hydrogens is 192 g/mol. The third-order valence-corrected chi connectivity index (χ3v) is 3.27. The summed E-state index contributed by atoms with van der Waals surface area (Å²) in [5.74, 6) is 0.501. The Hall–Kier alpha value is -0.770. The Balaban J connectivity index is 2.00. The monoisotopic (exact) mass is 212 g/mol. The fourth-order valence-corrected chi connectivity index (χ4v) is 2.27. The van der Waals surface area contributed by atoms with Crippen LogP contribution in [-0.2, 0) is 4.74 Å². The van der Waals surface area contributed by atoms with Crippen molar-refractivity contribution in [3.8, 4) is 0 Å². The zero-order valence-corrected chi connectivity index (χ0v) is 9.75. The number of carbonyl (C=O) groups excluding carboxylic acids is 1. The molecule has 2 saturated heterocycles. The maximum absolute atomic E-state index is 11.7. The molecule has 2 rings (SSSR count). The van der Waals surface area contributed by atoms with E-state index in [4.69, 9.17) is 4.74 Å². The normalized spacial score (nSPS) is 32.2. The third kappa shape index (κ3) is 2.09. The van der Waals surface area contributed by atoms with E-state index in [0.29, 0.717) is 5.92 Å². The molecule has 4 heteroatoms. The number of amides is 1. The van der Waals surface area contributed by atoms with E-state index in [1.54, 1.807) is 0 Å². The standard InChI is InChI=1S/C11H20N2O2/c1-11(2,3)13-7-9(15-10(13)14)8-4-5-12-6-8/h8-9,12H,4-7H2,1-3H3. The SMILES string of the molecule is CC(C)(C)N1CC(C2CCNC2)OC1=O. The van der Waals surface area contributed by atoms with Crippen LogP contribution in [0.1, 0.15) is 27.2 Å². The van der Waals surface area contributed by atoms with Crippen molar-refractivity contribution in [3.63, 3.8) is 0 Å². The zero-order valence-electron chi connectivity index (χ0n) is 9.75. The van der Waals surface area contributed by atoms with Crippen LogP contribution in [0.5, 0.6) is 0 Å². The van der Waals surface area contributed by atoms with Crippen LogP contribution in [0.15, 0.2) is 0 Å². The highest BCUT2D eigenvalue weighted by molar-refractivity contribution is 5.70. The average Bonchev–Trinajstić information content (AvgIpc) is 2.68. The van der Waals surface area contributed by atoms with Gasteiger partial charge in [0.2, 0.25) is 0 Å². The average molecular weight is 212 g/mol. The van der Waals surface area contributed by atoms with Gasteiger partial charge in [-0.2, -0.15) is 0 Å². The summed E-state index contributed by atoms with van der Waals surface area (Å²) in [5.41, 5.74) is -0.127. The first-order chi connectivity index (χ1) is 6.98. The maximum atomic E-state index is 11.7. The van der Waals surface area contributed by atoms with E-state index >= 15 is 0 Å². The first-order valence-electron chi connectivity index (χ1n) is 5.67. The Labute approximate surface area is 91.0 Å². The van der Waals surface area contributed by atoms with Gasteiger partial charge in [0.1, 0.15) is 6.10 Å². The molecule has 2 heterocycles. The van der Waals surface area contributed by atoms with Crippen LogP contribution in [0.25, 0.3) is 0 Å². The summed E-state index contributed by atoms with van der Waals surface area (Å²) in [4.78, 5) is 13.5. The molecule has 0 spiro atoms. The summed E-state index contributed by atoms with van der Waals surface area (Å²) >= 11 is 0. The van der Waals surface area contributed by atoms with Gasteiger partial charge in [-0.3, -0.25) is 4.90 Å². The zero-order chi connectivity index (χ0) is 11.1. The summed E-state index contributed by atoms with van der Waals surface area (Å²) < 4.78 is 5.43. The highest BCUT2D eigenvalue weighted by Gasteiger charge is 2.41. The van der Waals surface area contributed by atoms with Crippen LogP contribution in [0.3, 0.4) is 0 Å². The lowest BCUT2D eigenvalue weighted by molar-refractivity contribution is 0.103. The first kappa shape index (κ1) is 10.7. The van der Waals surface area contributed by atoms with Gasteiger partial charge in [0, 0.05) is 18.0 Å². The summed E-state index contributed by atoms with van der Waals surface area (Å²) in [6, 6.07) is 0. The van der Waals surface area contributed by atoms with E-state index in [0.717, 1.165) is 26.1 Å². The van der Waals surface area contributed by atoms with E-state index in [1.807, 2.05) is 25.7 Å². The minimum Gasteiger partial charge on any atom is -0.444 e. The lowest BCUT2D eigenvalue weighted by atomic mass is 10.00. The molecule has 2 aliphatic rings. The van der Waals surface area contributed by atoms with Gasteiger partial charge in [0.15, 0.2) is 0 Å². The maximum Gasteiger partial charge on any atom is 0.410 e. The molecule has 0 aromatic heterocycles. The molecule has 2 atom stereocenters. The van der Waals surface area contributed by atoms with Crippen molar-refractivity contribution in [1.29, 1.82) is 0 Å². The highest BCUT2D eigenvalue weighted by Crippen LogP contribution is 2.27. The predicted molar refractivity (Wildman–Crippen MR) is 57.7 cm³/mol. The first-order valence-corrected chi connectivity index (χ1v) is 5.67. The largest absolute Gasteiger partial charge is 0.444 e. The molecule has 15 heavy (non-hydrogen) atoms. The molecule has 0 aromatic carbocycles. The lowest BCUT2D eigenvalue weighted by Crippen LogP contribution is -2.42. The van der Waals surface area contributed by atoms with Crippen LogP contribution < -0.4 is 5.32 Å². The Morgan fingerprint density at radius 2 is 2.20 bits per heavy atom. The van der Waals surface area contributed by atoms with Crippen LogP contribution in [0.2, 0.25) is 0 Å². The number of ether oxygens (including phenoxy) is 1. The van der Waals surface area contributed by atoms with Gasteiger partial charge in [-0.1, -0.05) is 0 Å². The molecule has 1 amide bonds. The van der Waals surface area contributed by atoms with Gasteiger partial charge >= 0.3 is 6.09 Å². The topological polar surface area (TPSA) is 41.6 Å². The Kier molecular flexibility index (Phi) is 2.63. The quantitative estimate of drug-likeness (QED) is 0.710. The lowest BCUT2D eigenvalue weighted by Gasteiger charge is -2.29. The van der Waals surface area contributed by atoms with Crippen molar-refractivity contribution in [2.45, 2.75) is 38.8 Å². The van der Waals surface area contributed by atoms with E-state index in [1.165, 1.54) is 0 Å². The van der Waals surface area contributed by atoms with Gasteiger partial charge in [0.25, 0.3) is 0 Å². The van der Waals surface area contributed by atoms with Crippen LogP contribution in [0, 0.1) is 5.92 Å². The van der Waals surface area contributed by atoms with E-state index in [9.17, 15) is 4.79 Å². The third-order valence-electron chi connectivity index (χ3n) is 3.27. The number of nitrogens with one attached hydrogen (secondary N) is 1. The van der Waals surface area contributed by atoms with Crippen molar-refractivity contribution in [3.05, 3.63) is 0 Å². The van der Waals surface area contributed by atoms with E-state index < -0.39 is 0 Å². The second kappa shape index (κ2) is 3.67. The van der Waals surface area contributed by atoms with E-state index in [2.05, 4.69) is 5.32 Å². The summed E-state index contributed by atoms with van der Waals surface area (Å²) in [6.45, 7) is 8.91. The number of rotatable bonds is 1. The fourth-order valence-electron chi connectivity index (χ4n) is 2.27. The number of cyclic esters (lactones) is 1. The molecule has 0 bridgehead atoms. The summed E-state index contributed by atoms with van der Waals surface area (Å²) in [7, 11) is 0. The van der Waals surface area contributed by atoms with Crippen molar-refractivity contribution in [2.24, 2.45) is 5.92 Å². The number of carbonyl (C=O) groups is 1. The second-order valence-corrected chi connectivity index (χ2v) is 5.46. The Morgan fingerprint density at radius 3 is 2.67 bits per heavy atom. The van der Waals surface area contributed by atoms with Gasteiger partial charge in [-0.25, -0.2) is 4.79 Å². The molecule has 1 N–H and O–H groups in total.